The minimum atomic E-state index is 0.122. The largest absolute Gasteiger partial charge is 0.363 e. The van der Waals surface area contributed by atoms with Gasteiger partial charge in [-0.3, -0.25) is 0 Å². The first-order valence-corrected chi connectivity index (χ1v) is 5.88. The second-order valence-corrected chi connectivity index (χ2v) is 4.94. The van der Waals surface area contributed by atoms with Crippen molar-refractivity contribution in [2.24, 2.45) is 0 Å². The van der Waals surface area contributed by atoms with Crippen LogP contribution in [0.5, 0.6) is 0 Å². The third-order valence-corrected chi connectivity index (χ3v) is 3.06. The molecule has 3 nitrogen and oxygen atoms in total. The van der Waals surface area contributed by atoms with Crippen LogP contribution in [0.1, 0.15) is 26.2 Å². The number of hydrogen-bond donors (Lipinski definition) is 1. The van der Waals surface area contributed by atoms with Crippen molar-refractivity contribution in [2.45, 2.75) is 31.7 Å². The molecule has 15 heavy (non-hydrogen) atoms. The second-order valence-electron chi connectivity index (χ2n) is 4.12. The Labute approximate surface area is 98.1 Å². The van der Waals surface area contributed by atoms with Crippen molar-refractivity contribution in [3.8, 4) is 0 Å². The first kappa shape index (κ1) is 10.6. The first-order chi connectivity index (χ1) is 7.18. The van der Waals surface area contributed by atoms with Crippen LogP contribution in [0.2, 0.25) is 0 Å². The van der Waals surface area contributed by atoms with Crippen LogP contribution in [-0.4, -0.2) is 15.5 Å². The first-order valence-electron chi connectivity index (χ1n) is 5.09. The maximum Gasteiger partial charge on any atom is 0.144 e. The zero-order chi connectivity index (χ0) is 10.7. The lowest BCUT2D eigenvalue weighted by molar-refractivity contribution is 0.464. The highest BCUT2D eigenvalue weighted by Gasteiger charge is 2.24. The Bertz CT molecular complexity index is 361. The number of hydrogen-bond acceptors (Lipinski definition) is 3. The zero-order valence-electron chi connectivity index (χ0n) is 8.70. The van der Waals surface area contributed by atoms with E-state index >= 15 is 0 Å². The van der Waals surface area contributed by atoms with E-state index in [4.69, 9.17) is 0 Å². The smallest absolute Gasteiger partial charge is 0.144 e. The van der Waals surface area contributed by atoms with E-state index in [2.05, 4.69) is 50.3 Å². The van der Waals surface area contributed by atoms with E-state index in [0.717, 1.165) is 29.7 Å². The summed E-state index contributed by atoms with van der Waals surface area (Å²) in [6, 6.07) is 0. The Kier molecular flexibility index (Phi) is 3.05. The zero-order valence-corrected chi connectivity index (χ0v) is 10.3. The Morgan fingerprint density at radius 3 is 2.80 bits per heavy atom. The summed E-state index contributed by atoms with van der Waals surface area (Å²) in [5.41, 5.74) is 0.122. The van der Waals surface area contributed by atoms with Gasteiger partial charge in [0.05, 0.1) is 12.4 Å². The molecule has 2 rings (SSSR count). The number of nitrogens with zero attached hydrogens (tertiary/aromatic N) is 2. The van der Waals surface area contributed by atoms with E-state index in [-0.39, 0.29) is 5.54 Å². The molecule has 1 unspecified atom stereocenters. The third-order valence-electron chi connectivity index (χ3n) is 2.65. The summed E-state index contributed by atoms with van der Waals surface area (Å²) in [4.78, 5) is 8.42. The van der Waals surface area contributed by atoms with Gasteiger partial charge in [-0.15, -0.1) is 0 Å². The number of halogens is 1. The summed E-state index contributed by atoms with van der Waals surface area (Å²) in [5.74, 6) is 0.844. The molecule has 1 aliphatic carbocycles. The van der Waals surface area contributed by atoms with Gasteiger partial charge in [-0.1, -0.05) is 12.2 Å². The standard InChI is InChI=1S/C11H14BrN3/c1-11(5-3-2-4-6-11)15-10-8-13-9(12)7-14-10/h2-3,7-8H,4-6H2,1H3,(H,14,15). The lowest BCUT2D eigenvalue weighted by Gasteiger charge is -2.32. The summed E-state index contributed by atoms with van der Waals surface area (Å²) < 4.78 is 0.766. The van der Waals surface area contributed by atoms with Crippen LogP contribution < -0.4 is 5.32 Å². The molecule has 0 aromatic carbocycles. The Morgan fingerprint density at radius 2 is 2.20 bits per heavy atom. The SMILES string of the molecule is CC1(Nc2cnc(Br)cn2)CC=CCC1. The van der Waals surface area contributed by atoms with Gasteiger partial charge in [0.25, 0.3) is 0 Å². The maximum absolute atomic E-state index is 4.27. The summed E-state index contributed by atoms with van der Waals surface area (Å²) in [6.45, 7) is 2.22. The Morgan fingerprint density at radius 1 is 1.33 bits per heavy atom. The fourth-order valence-electron chi connectivity index (χ4n) is 1.76. The highest BCUT2D eigenvalue weighted by Crippen LogP contribution is 2.26. The number of nitrogens with one attached hydrogen (secondary N) is 1. The molecule has 0 bridgehead atoms. The van der Waals surface area contributed by atoms with E-state index in [0.29, 0.717) is 0 Å². The predicted octanol–water partition coefficient (Wildman–Crippen LogP) is 3.15. The number of aromatic nitrogens is 2. The molecule has 1 atom stereocenters. The van der Waals surface area contributed by atoms with E-state index in [9.17, 15) is 0 Å². The normalized spacial score (nSPS) is 25.2. The number of allylic oxidation sites excluding steroid dienone is 1. The minimum absolute atomic E-state index is 0.122. The lowest BCUT2D eigenvalue weighted by atomic mass is 9.88. The molecule has 0 aliphatic heterocycles. The van der Waals surface area contributed by atoms with Gasteiger partial charge in [-0.2, -0.15) is 0 Å². The van der Waals surface area contributed by atoms with E-state index < -0.39 is 0 Å². The summed E-state index contributed by atoms with van der Waals surface area (Å²) >= 11 is 3.27. The molecule has 80 valence electrons. The van der Waals surface area contributed by atoms with Crippen molar-refractivity contribution < 1.29 is 0 Å². The van der Waals surface area contributed by atoms with Crippen LogP contribution in [0.4, 0.5) is 5.82 Å². The van der Waals surface area contributed by atoms with E-state index in [1.807, 2.05) is 0 Å². The number of rotatable bonds is 2. The van der Waals surface area contributed by atoms with Crippen LogP contribution in [0, 0.1) is 0 Å². The molecule has 1 aliphatic rings. The minimum Gasteiger partial charge on any atom is -0.363 e. The molecule has 0 saturated heterocycles. The molecule has 1 N–H and O–H groups in total. The fourth-order valence-corrected chi connectivity index (χ4v) is 1.97. The van der Waals surface area contributed by atoms with Crippen molar-refractivity contribution in [3.05, 3.63) is 29.1 Å². The van der Waals surface area contributed by atoms with Crippen molar-refractivity contribution in [3.63, 3.8) is 0 Å². The topological polar surface area (TPSA) is 37.8 Å². The fraction of sp³-hybridized carbons (Fsp3) is 0.455. The molecular formula is C11H14BrN3. The van der Waals surface area contributed by atoms with Gasteiger partial charge in [0.2, 0.25) is 0 Å². The molecular weight excluding hydrogens is 254 g/mol. The number of anilines is 1. The highest BCUT2D eigenvalue weighted by molar-refractivity contribution is 9.10. The van der Waals surface area contributed by atoms with Crippen LogP contribution in [-0.2, 0) is 0 Å². The molecule has 1 aromatic rings. The molecule has 0 fully saturated rings. The van der Waals surface area contributed by atoms with E-state index in [1.165, 1.54) is 0 Å². The van der Waals surface area contributed by atoms with E-state index in [1.54, 1.807) is 12.4 Å². The summed E-state index contributed by atoms with van der Waals surface area (Å²) in [6.07, 6.45) is 11.2. The summed E-state index contributed by atoms with van der Waals surface area (Å²) in [5, 5.41) is 3.44. The molecule has 0 spiro atoms. The van der Waals surface area contributed by atoms with Crippen molar-refractivity contribution in [1.29, 1.82) is 0 Å². The third kappa shape index (κ3) is 2.78. The quantitative estimate of drug-likeness (QED) is 0.837. The molecule has 0 amide bonds. The van der Waals surface area contributed by atoms with Crippen LogP contribution in [0.3, 0.4) is 0 Å². The highest BCUT2D eigenvalue weighted by atomic mass is 79.9. The van der Waals surface area contributed by atoms with Crippen LogP contribution in [0.15, 0.2) is 29.1 Å². The molecule has 0 radical (unpaired) electrons. The molecule has 0 saturated carbocycles. The monoisotopic (exact) mass is 267 g/mol. The van der Waals surface area contributed by atoms with Crippen LogP contribution in [0.25, 0.3) is 0 Å². The Hall–Kier alpha value is -0.900. The van der Waals surface area contributed by atoms with Gasteiger partial charge < -0.3 is 5.32 Å². The average molecular weight is 268 g/mol. The van der Waals surface area contributed by atoms with Crippen molar-refractivity contribution >= 4 is 21.7 Å². The average Bonchev–Trinajstić information content (AvgIpc) is 2.22. The molecule has 1 heterocycles. The van der Waals surface area contributed by atoms with Gasteiger partial charge in [0, 0.05) is 5.54 Å². The van der Waals surface area contributed by atoms with Gasteiger partial charge in [-0.05, 0) is 42.1 Å². The Balaban J connectivity index is 2.07. The second kappa shape index (κ2) is 4.31. The van der Waals surface area contributed by atoms with Crippen molar-refractivity contribution in [2.75, 3.05) is 5.32 Å². The lowest BCUT2D eigenvalue weighted by Crippen LogP contribution is -2.35. The van der Waals surface area contributed by atoms with Crippen LogP contribution >= 0.6 is 15.9 Å². The van der Waals surface area contributed by atoms with Gasteiger partial charge in [-0.25, -0.2) is 9.97 Å². The van der Waals surface area contributed by atoms with Gasteiger partial charge >= 0.3 is 0 Å². The van der Waals surface area contributed by atoms with Crippen molar-refractivity contribution in [1.82, 2.24) is 9.97 Å². The summed E-state index contributed by atoms with van der Waals surface area (Å²) in [7, 11) is 0. The molecule has 1 aromatic heterocycles. The maximum atomic E-state index is 4.27. The van der Waals surface area contributed by atoms with Gasteiger partial charge in [0.1, 0.15) is 10.4 Å². The predicted molar refractivity (Wildman–Crippen MR) is 64.8 cm³/mol. The van der Waals surface area contributed by atoms with Gasteiger partial charge in [0.15, 0.2) is 0 Å². The molecule has 4 heteroatoms.